The number of rotatable bonds is 52. The summed E-state index contributed by atoms with van der Waals surface area (Å²) in [5.74, 6) is -0.964. The normalized spacial score (nSPS) is 12.7. The summed E-state index contributed by atoms with van der Waals surface area (Å²) in [7, 11) is 0. The maximum Gasteiger partial charge on any atom is 0.306 e. The third-order valence-corrected chi connectivity index (χ3v) is 12.4. The van der Waals surface area contributed by atoms with E-state index >= 15 is 0 Å². The number of hydrogen-bond acceptors (Lipinski definition) is 6. The molecule has 0 N–H and O–H groups in total. The van der Waals surface area contributed by atoms with Gasteiger partial charge in [0.1, 0.15) is 13.2 Å². The summed E-state index contributed by atoms with van der Waals surface area (Å²) in [5, 5.41) is 0. The molecule has 0 heterocycles. The summed E-state index contributed by atoms with van der Waals surface area (Å²) in [5.41, 5.74) is 0. The molecule has 0 aliphatic heterocycles. The SMILES string of the molecule is CCCCC/C=C\C/C=C\C/C=C\C/C=C\CCCCCC(=O)OC[C@H](COC(=O)CCCCCCCCCCCCCCCCCCC)OC(=O)CCCC/C=C\C/C=C\C/C=C\CCCCC. The Kier molecular flexibility index (Phi) is 54.3. The van der Waals surface area contributed by atoms with Crippen LogP contribution in [-0.2, 0) is 28.6 Å². The molecule has 0 saturated carbocycles. The molecule has 0 aliphatic carbocycles. The van der Waals surface area contributed by atoms with Gasteiger partial charge in [-0.1, -0.05) is 241 Å². The molecule has 0 unspecified atom stereocenters. The average Bonchev–Trinajstić information content (AvgIpc) is 3.35. The zero-order valence-electron chi connectivity index (χ0n) is 45.3. The summed E-state index contributed by atoms with van der Waals surface area (Å²) in [6.45, 7) is 6.54. The summed E-state index contributed by atoms with van der Waals surface area (Å²) < 4.78 is 16.8. The maximum absolute atomic E-state index is 12.8. The van der Waals surface area contributed by atoms with Gasteiger partial charge in [0.25, 0.3) is 0 Å². The predicted octanol–water partition coefficient (Wildman–Crippen LogP) is 19.5. The largest absolute Gasteiger partial charge is 0.462 e. The molecule has 1 atom stereocenters. The lowest BCUT2D eigenvalue weighted by Gasteiger charge is -2.18. The Labute approximate surface area is 426 Å². The van der Waals surface area contributed by atoms with Gasteiger partial charge in [-0.3, -0.25) is 14.4 Å². The highest BCUT2D eigenvalue weighted by molar-refractivity contribution is 5.71. The molecule has 0 aliphatic rings. The fourth-order valence-electron chi connectivity index (χ4n) is 7.96. The quantitative estimate of drug-likeness (QED) is 0.0262. The number of carbonyl (C=O) groups is 3. The molecule has 0 radical (unpaired) electrons. The monoisotopic (exact) mass is 961 g/mol. The van der Waals surface area contributed by atoms with E-state index in [1.807, 2.05) is 0 Å². The lowest BCUT2D eigenvalue weighted by Crippen LogP contribution is -2.30. The summed E-state index contributed by atoms with van der Waals surface area (Å²) in [6.07, 6.45) is 74.3. The van der Waals surface area contributed by atoms with E-state index in [1.54, 1.807) is 0 Å². The number of allylic oxidation sites excluding steroid dienone is 14. The second-order valence-corrected chi connectivity index (χ2v) is 19.2. The van der Waals surface area contributed by atoms with Crippen molar-refractivity contribution in [3.05, 3.63) is 85.1 Å². The predicted molar refractivity (Wildman–Crippen MR) is 297 cm³/mol. The highest BCUT2D eigenvalue weighted by atomic mass is 16.6. The van der Waals surface area contributed by atoms with Crippen molar-refractivity contribution in [1.82, 2.24) is 0 Å². The summed E-state index contributed by atoms with van der Waals surface area (Å²) >= 11 is 0. The summed E-state index contributed by atoms with van der Waals surface area (Å²) in [4.78, 5) is 38.1. The van der Waals surface area contributed by atoms with Gasteiger partial charge in [-0.15, -0.1) is 0 Å². The molecule has 0 amide bonds. The van der Waals surface area contributed by atoms with E-state index in [2.05, 4.69) is 106 Å². The van der Waals surface area contributed by atoms with Crippen LogP contribution in [0.3, 0.4) is 0 Å². The van der Waals surface area contributed by atoms with Gasteiger partial charge in [-0.25, -0.2) is 0 Å². The number of hydrogen-bond donors (Lipinski definition) is 0. The first-order valence-corrected chi connectivity index (χ1v) is 29.1. The Morgan fingerprint density at radius 3 is 0.870 bits per heavy atom. The Morgan fingerprint density at radius 1 is 0.290 bits per heavy atom. The molecule has 396 valence electrons. The number of esters is 3. The van der Waals surface area contributed by atoms with Gasteiger partial charge >= 0.3 is 17.9 Å². The molecule has 0 saturated heterocycles. The van der Waals surface area contributed by atoms with Gasteiger partial charge in [-0.2, -0.15) is 0 Å². The molecule has 0 spiro atoms. The molecule has 0 aromatic rings. The molecule has 0 aromatic heterocycles. The highest BCUT2D eigenvalue weighted by Gasteiger charge is 2.19. The van der Waals surface area contributed by atoms with Crippen LogP contribution < -0.4 is 0 Å². The van der Waals surface area contributed by atoms with Gasteiger partial charge in [0.15, 0.2) is 6.10 Å². The van der Waals surface area contributed by atoms with Gasteiger partial charge in [-0.05, 0) is 103 Å². The van der Waals surface area contributed by atoms with Crippen molar-refractivity contribution in [3.8, 4) is 0 Å². The zero-order chi connectivity index (χ0) is 50.0. The van der Waals surface area contributed by atoms with Crippen LogP contribution in [0.2, 0.25) is 0 Å². The molecule has 0 aromatic carbocycles. The van der Waals surface area contributed by atoms with Crippen molar-refractivity contribution >= 4 is 17.9 Å². The molecule has 0 rings (SSSR count). The zero-order valence-corrected chi connectivity index (χ0v) is 45.3. The molecule has 0 fully saturated rings. The van der Waals surface area contributed by atoms with E-state index in [1.165, 1.54) is 141 Å². The lowest BCUT2D eigenvalue weighted by molar-refractivity contribution is -0.167. The Bertz CT molecular complexity index is 1330. The van der Waals surface area contributed by atoms with Crippen molar-refractivity contribution < 1.29 is 28.6 Å². The molecular formula is C63H108O6. The van der Waals surface area contributed by atoms with Gasteiger partial charge in [0.05, 0.1) is 0 Å². The minimum absolute atomic E-state index is 0.100. The molecule has 0 bridgehead atoms. The standard InChI is InChI=1S/C63H108O6/c1-4-7-10-13-16-19-22-25-28-30-31-33-36-38-41-44-47-50-53-56-62(65)68-59-60(69-63(66)57-54-51-48-45-42-39-34-27-24-21-18-15-12-9-6-3)58-67-61(64)55-52-49-46-43-40-37-35-32-29-26-23-20-17-14-11-8-5-2/h16,18-19,21,25,27-28,31,33-34,38,41-42,45,60H,4-15,17,20,22-24,26,29-30,32,35-37,39-40,43-44,46-59H2,1-3H3/b19-16-,21-18-,28-25-,33-31-,34-27-,41-38-,45-42-/t60-/m0/s1. The third-order valence-electron chi connectivity index (χ3n) is 12.4. The Balaban J connectivity index is 4.47. The van der Waals surface area contributed by atoms with Crippen LogP contribution in [0.25, 0.3) is 0 Å². The number of ether oxygens (including phenoxy) is 3. The molecule has 6 nitrogen and oxygen atoms in total. The fourth-order valence-corrected chi connectivity index (χ4v) is 7.96. The Hall–Kier alpha value is -3.41. The minimum Gasteiger partial charge on any atom is -0.462 e. The van der Waals surface area contributed by atoms with Crippen molar-refractivity contribution in [3.63, 3.8) is 0 Å². The highest BCUT2D eigenvalue weighted by Crippen LogP contribution is 2.15. The number of carbonyl (C=O) groups excluding carboxylic acids is 3. The van der Waals surface area contributed by atoms with E-state index in [0.29, 0.717) is 19.3 Å². The van der Waals surface area contributed by atoms with Crippen LogP contribution in [0.4, 0.5) is 0 Å². The topological polar surface area (TPSA) is 78.9 Å². The van der Waals surface area contributed by atoms with Crippen LogP contribution in [0.5, 0.6) is 0 Å². The second kappa shape index (κ2) is 57.2. The van der Waals surface area contributed by atoms with E-state index in [9.17, 15) is 14.4 Å². The maximum atomic E-state index is 12.8. The number of unbranched alkanes of at least 4 members (excludes halogenated alkanes) is 27. The molecule has 69 heavy (non-hydrogen) atoms. The van der Waals surface area contributed by atoms with Crippen LogP contribution in [-0.4, -0.2) is 37.2 Å². The van der Waals surface area contributed by atoms with Crippen molar-refractivity contribution in [2.45, 2.75) is 284 Å². The van der Waals surface area contributed by atoms with Gasteiger partial charge in [0.2, 0.25) is 0 Å². The summed E-state index contributed by atoms with van der Waals surface area (Å²) in [6, 6.07) is 0. The van der Waals surface area contributed by atoms with Crippen molar-refractivity contribution in [1.29, 1.82) is 0 Å². The molecule has 6 heteroatoms. The van der Waals surface area contributed by atoms with E-state index in [0.717, 1.165) is 89.9 Å². The fraction of sp³-hybridized carbons (Fsp3) is 0.730. The van der Waals surface area contributed by atoms with Gasteiger partial charge < -0.3 is 14.2 Å². The lowest BCUT2D eigenvalue weighted by atomic mass is 10.0. The first-order valence-electron chi connectivity index (χ1n) is 29.1. The van der Waals surface area contributed by atoms with Crippen LogP contribution in [0, 0.1) is 0 Å². The van der Waals surface area contributed by atoms with Crippen LogP contribution in [0.15, 0.2) is 85.1 Å². The van der Waals surface area contributed by atoms with Crippen molar-refractivity contribution in [2.75, 3.05) is 13.2 Å². The van der Waals surface area contributed by atoms with Crippen LogP contribution in [0.1, 0.15) is 278 Å². The van der Waals surface area contributed by atoms with Crippen LogP contribution >= 0.6 is 0 Å². The van der Waals surface area contributed by atoms with Crippen molar-refractivity contribution in [2.24, 2.45) is 0 Å². The van der Waals surface area contributed by atoms with E-state index < -0.39 is 6.10 Å². The second-order valence-electron chi connectivity index (χ2n) is 19.2. The Morgan fingerprint density at radius 2 is 0.522 bits per heavy atom. The average molecular weight is 962 g/mol. The van der Waals surface area contributed by atoms with E-state index in [-0.39, 0.29) is 37.5 Å². The third kappa shape index (κ3) is 55.4. The smallest absolute Gasteiger partial charge is 0.306 e. The molecular weight excluding hydrogens is 853 g/mol. The first-order chi connectivity index (χ1) is 34.0. The minimum atomic E-state index is -0.809. The van der Waals surface area contributed by atoms with Gasteiger partial charge in [0, 0.05) is 19.3 Å². The first kappa shape index (κ1) is 65.6. The van der Waals surface area contributed by atoms with E-state index in [4.69, 9.17) is 14.2 Å².